The zero-order chi connectivity index (χ0) is 14.7. The first kappa shape index (κ1) is 16.6. The van der Waals surface area contributed by atoms with Crippen LogP contribution >= 0.6 is 18.5 Å². The Balaban J connectivity index is 2.62. The van der Waals surface area contributed by atoms with Crippen LogP contribution in [0.5, 0.6) is 0 Å². The van der Waals surface area contributed by atoms with Crippen LogP contribution in [-0.2, 0) is 19.1 Å². The Labute approximate surface area is 116 Å². The molecule has 1 aromatic carbocycles. The lowest BCUT2D eigenvalue weighted by Gasteiger charge is -2.12. The highest BCUT2D eigenvalue weighted by Gasteiger charge is 2.27. The molecular weight excluding hydrogens is 309 g/mol. The van der Waals surface area contributed by atoms with Gasteiger partial charge in [-0.2, -0.15) is 8.42 Å². The van der Waals surface area contributed by atoms with E-state index < -0.39 is 21.1 Å². The zero-order valence-corrected chi connectivity index (χ0v) is 13.4. The van der Waals surface area contributed by atoms with E-state index in [4.69, 9.17) is 0 Å². The van der Waals surface area contributed by atoms with Crippen molar-refractivity contribution >= 4 is 34.4 Å². The highest BCUT2D eigenvalue weighted by Crippen LogP contribution is 2.30. The Morgan fingerprint density at radius 2 is 1.84 bits per heavy atom. The number of alkyl halides is 1. The summed E-state index contributed by atoms with van der Waals surface area (Å²) in [6.45, 7) is 1.44. The Bertz CT molecular complexity index is 549. The first-order chi connectivity index (χ1) is 8.63. The minimum atomic E-state index is -3.91. The van der Waals surface area contributed by atoms with Gasteiger partial charge in [-0.25, -0.2) is 4.39 Å². The maximum absolute atomic E-state index is 13.1. The van der Waals surface area contributed by atoms with Crippen molar-refractivity contribution in [1.82, 2.24) is 0 Å². The summed E-state index contributed by atoms with van der Waals surface area (Å²) in [6, 6.07) is 6.10. The highest BCUT2D eigenvalue weighted by molar-refractivity contribution is 7.86. The van der Waals surface area contributed by atoms with Gasteiger partial charge in [-0.05, 0) is 19.1 Å². The lowest BCUT2D eigenvalue weighted by Crippen LogP contribution is -2.21. The molecule has 0 aliphatic carbocycles. The molecule has 0 radical (unpaired) electrons. The molecule has 106 valence electrons. The van der Waals surface area contributed by atoms with Crippen LogP contribution in [0.4, 0.5) is 4.39 Å². The first-order valence-electron chi connectivity index (χ1n) is 5.39. The van der Waals surface area contributed by atoms with E-state index in [1.807, 2.05) is 6.92 Å². The Hall–Kier alpha value is -0.410. The SMILES string of the molecule is Cc1ccc(S(=O)(=O)OCCC(=O)C(F)(P)P)cc1. The van der Waals surface area contributed by atoms with E-state index in [9.17, 15) is 17.6 Å². The average Bonchev–Trinajstić information content (AvgIpc) is 2.28. The zero-order valence-electron chi connectivity index (χ0n) is 10.3. The van der Waals surface area contributed by atoms with Crippen molar-refractivity contribution in [2.24, 2.45) is 0 Å². The number of Topliss-reactive ketones (excluding diaryl/α,β-unsaturated/α-hetero) is 1. The second kappa shape index (κ2) is 6.36. The number of hydrogen-bond donors (Lipinski definition) is 0. The molecule has 0 heterocycles. The van der Waals surface area contributed by atoms with Crippen LogP contribution in [-0.4, -0.2) is 26.0 Å². The molecule has 19 heavy (non-hydrogen) atoms. The molecule has 0 saturated heterocycles. The Morgan fingerprint density at radius 3 is 2.32 bits per heavy atom. The van der Waals surface area contributed by atoms with Crippen LogP contribution < -0.4 is 0 Å². The summed E-state index contributed by atoms with van der Waals surface area (Å²) in [5.74, 6) is -0.762. The van der Waals surface area contributed by atoms with Crippen LogP contribution in [0.15, 0.2) is 29.2 Å². The molecule has 2 atom stereocenters. The predicted molar refractivity (Wildman–Crippen MR) is 77.2 cm³/mol. The summed E-state index contributed by atoms with van der Waals surface area (Å²) >= 11 is 0. The van der Waals surface area contributed by atoms with Gasteiger partial charge < -0.3 is 0 Å². The Morgan fingerprint density at radius 1 is 1.32 bits per heavy atom. The monoisotopic (exact) mass is 324 g/mol. The Kier molecular flexibility index (Phi) is 5.57. The van der Waals surface area contributed by atoms with Crippen LogP contribution in [0, 0.1) is 6.92 Å². The number of rotatable bonds is 6. The first-order valence-corrected chi connectivity index (χ1v) is 7.95. The van der Waals surface area contributed by atoms with Crippen LogP contribution in [0.3, 0.4) is 0 Å². The van der Waals surface area contributed by atoms with Crippen molar-refractivity contribution in [3.63, 3.8) is 0 Å². The molecule has 0 N–H and O–H groups in total. The molecule has 8 heteroatoms. The van der Waals surface area contributed by atoms with E-state index in [1.54, 1.807) is 30.6 Å². The van der Waals surface area contributed by atoms with Crippen molar-refractivity contribution in [3.8, 4) is 0 Å². The summed E-state index contributed by atoms with van der Waals surface area (Å²) in [5, 5.41) is -2.14. The number of ketones is 1. The van der Waals surface area contributed by atoms with E-state index in [-0.39, 0.29) is 17.9 Å². The number of carbonyl (C=O) groups excluding carboxylic acids is 1. The molecule has 0 amide bonds. The quantitative estimate of drug-likeness (QED) is 0.593. The summed E-state index contributed by atoms with van der Waals surface area (Å²) in [4.78, 5) is 11.2. The minimum Gasteiger partial charge on any atom is -0.295 e. The smallest absolute Gasteiger partial charge is 0.295 e. The summed E-state index contributed by atoms with van der Waals surface area (Å²) in [7, 11) is -0.454. The van der Waals surface area contributed by atoms with Crippen LogP contribution in [0.1, 0.15) is 12.0 Å². The van der Waals surface area contributed by atoms with Crippen LogP contribution in [0.25, 0.3) is 0 Å². The van der Waals surface area contributed by atoms with Gasteiger partial charge in [0, 0.05) is 6.42 Å². The number of benzene rings is 1. The van der Waals surface area contributed by atoms with E-state index in [0.717, 1.165) is 5.56 Å². The normalized spacial score (nSPS) is 12.4. The summed E-state index contributed by atoms with van der Waals surface area (Å²) in [5.41, 5.74) is 0.919. The van der Waals surface area contributed by atoms with Gasteiger partial charge in [0.25, 0.3) is 10.1 Å². The molecular formula is C11H15FO4P2S. The molecule has 0 bridgehead atoms. The number of aryl methyl sites for hydroxylation is 1. The fraction of sp³-hybridized carbons (Fsp3) is 0.364. The molecule has 4 nitrogen and oxygen atoms in total. The molecule has 0 saturated carbocycles. The lowest BCUT2D eigenvalue weighted by atomic mass is 10.2. The van der Waals surface area contributed by atoms with Crippen LogP contribution in [0.2, 0.25) is 0 Å². The standard InChI is InChI=1S/C11H15FO4P2S/c1-8-2-4-9(5-3-8)19(14,15)16-7-6-10(13)11(12,17)18/h2-5H,6-7,17-18H2,1H3. The van der Waals surface area contributed by atoms with Gasteiger partial charge in [0.1, 0.15) is 0 Å². The number of halogens is 1. The van der Waals surface area contributed by atoms with E-state index >= 15 is 0 Å². The third kappa shape index (κ3) is 5.23. The van der Waals surface area contributed by atoms with E-state index in [1.165, 1.54) is 12.1 Å². The predicted octanol–water partition coefficient (Wildman–Crippen LogP) is 2.03. The van der Waals surface area contributed by atoms with Gasteiger partial charge in [-0.1, -0.05) is 36.2 Å². The van der Waals surface area contributed by atoms with Gasteiger partial charge >= 0.3 is 0 Å². The maximum atomic E-state index is 13.1. The van der Waals surface area contributed by atoms with Crippen molar-refractivity contribution in [3.05, 3.63) is 29.8 Å². The molecule has 1 aromatic rings. The highest BCUT2D eigenvalue weighted by atomic mass is 32.2. The second-order valence-corrected chi connectivity index (χ2v) is 7.99. The van der Waals surface area contributed by atoms with E-state index in [2.05, 4.69) is 4.18 Å². The van der Waals surface area contributed by atoms with Crippen molar-refractivity contribution in [1.29, 1.82) is 0 Å². The van der Waals surface area contributed by atoms with Crippen molar-refractivity contribution < 1.29 is 21.8 Å². The van der Waals surface area contributed by atoms with Gasteiger partial charge in [-0.3, -0.25) is 8.98 Å². The second-order valence-electron chi connectivity index (χ2n) is 4.03. The van der Waals surface area contributed by atoms with Crippen molar-refractivity contribution in [2.75, 3.05) is 6.61 Å². The third-order valence-corrected chi connectivity index (χ3v) is 4.28. The van der Waals surface area contributed by atoms with Gasteiger partial charge in [0.05, 0.1) is 11.5 Å². The van der Waals surface area contributed by atoms with Crippen molar-refractivity contribution in [2.45, 2.75) is 23.4 Å². The fourth-order valence-corrected chi connectivity index (χ4v) is 2.41. The fourth-order valence-electron chi connectivity index (χ4n) is 1.21. The summed E-state index contributed by atoms with van der Waals surface area (Å²) in [6.07, 6.45) is -0.325. The van der Waals surface area contributed by atoms with E-state index in [0.29, 0.717) is 0 Å². The number of hydrogen-bond acceptors (Lipinski definition) is 4. The molecule has 0 aliphatic rings. The molecule has 2 unspecified atom stereocenters. The third-order valence-electron chi connectivity index (χ3n) is 2.30. The summed E-state index contributed by atoms with van der Waals surface area (Å²) < 4.78 is 41.3. The molecule has 0 spiro atoms. The lowest BCUT2D eigenvalue weighted by molar-refractivity contribution is -0.122. The molecule has 0 aliphatic heterocycles. The molecule has 0 aromatic heterocycles. The molecule has 1 rings (SSSR count). The number of carbonyl (C=O) groups is 1. The average molecular weight is 324 g/mol. The maximum Gasteiger partial charge on any atom is 0.296 e. The minimum absolute atomic E-state index is 0.00816. The topological polar surface area (TPSA) is 60.4 Å². The van der Waals surface area contributed by atoms with Gasteiger partial charge in [0.15, 0.2) is 10.9 Å². The van der Waals surface area contributed by atoms with Gasteiger partial charge in [-0.15, -0.1) is 0 Å². The molecule has 0 fully saturated rings. The largest absolute Gasteiger partial charge is 0.296 e. The van der Waals surface area contributed by atoms with Gasteiger partial charge in [0.2, 0.25) is 0 Å².